The summed E-state index contributed by atoms with van der Waals surface area (Å²) in [7, 11) is 0. The van der Waals surface area contributed by atoms with Crippen LogP contribution in [0.5, 0.6) is 0 Å². The van der Waals surface area contributed by atoms with Crippen molar-refractivity contribution in [1.82, 2.24) is 0 Å². The number of nitrogens with zero attached hydrogens (tertiary/aromatic N) is 3. The van der Waals surface area contributed by atoms with E-state index in [1.54, 1.807) is 4.90 Å². The maximum absolute atomic E-state index is 11.0. The quantitative estimate of drug-likeness (QED) is 0.465. The van der Waals surface area contributed by atoms with Gasteiger partial charge in [0.1, 0.15) is 12.0 Å². The predicted molar refractivity (Wildman–Crippen MR) is 66.2 cm³/mol. The van der Waals surface area contributed by atoms with Crippen LogP contribution in [-0.2, 0) is 4.79 Å². The number of hydrogen-bond donors (Lipinski definition) is 0. The molecule has 1 heterocycles. The highest BCUT2D eigenvalue weighted by Gasteiger charge is 2.30. The van der Waals surface area contributed by atoms with Crippen molar-refractivity contribution >= 4 is 23.3 Å². The maximum atomic E-state index is 11.0. The molecule has 0 amide bonds. The number of anilines is 1. The molecule has 0 unspecified atom stereocenters. The summed E-state index contributed by atoms with van der Waals surface area (Å²) in [5.74, 6) is 0. The highest BCUT2D eigenvalue weighted by atomic mass is 16.6. The SMILES string of the molecule is O=C[C@@H]1CCCN1c1ccc([N+](=O)[O-])cc1[N+](=O)[O-]. The van der Waals surface area contributed by atoms with Gasteiger partial charge in [0.15, 0.2) is 0 Å². The van der Waals surface area contributed by atoms with Gasteiger partial charge in [-0.3, -0.25) is 20.2 Å². The molecule has 1 fully saturated rings. The number of hydrogen-bond acceptors (Lipinski definition) is 6. The first kappa shape index (κ1) is 12.9. The minimum absolute atomic E-state index is 0.255. The first-order valence-corrected chi connectivity index (χ1v) is 5.69. The first-order valence-electron chi connectivity index (χ1n) is 5.69. The Hall–Kier alpha value is -2.51. The van der Waals surface area contributed by atoms with Crippen LogP contribution in [0.3, 0.4) is 0 Å². The number of aldehydes is 1. The van der Waals surface area contributed by atoms with Gasteiger partial charge in [0.25, 0.3) is 11.4 Å². The summed E-state index contributed by atoms with van der Waals surface area (Å²) in [4.78, 5) is 32.9. The van der Waals surface area contributed by atoms with Gasteiger partial charge in [-0.2, -0.15) is 0 Å². The molecule has 0 saturated carbocycles. The third kappa shape index (κ3) is 2.37. The van der Waals surface area contributed by atoms with Crippen LogP contribution in [0.25, 0.3) is 0 Å². The Morgan fingerprint density at radius 3 is 2.58 bits per heavy atom. The number of benzene rings is 1. The summed E-state index contributed by atoms with van der Waals surface area (Å²) >= 11 is 0. The molecule has 19 heavy (non-hydrogen) atoms. The summed E-state index contributed by atoms with van der Waals surface area (Å²) in [6.45, 7) is 0.530. The molecule has 1 aliphatic heterocycles. The molecule has 8 nitrogen and oxygen atoms in total. The molecule has 100 valence electrons. The summed E-state index contributed by atoms with van der Waals surface area (Å²) < 4.78 is 0. The Kier molecular flexibility index (Phi) is 3.41. The lowest BCUT2D eigenvalue weighted by Gasteiger charge is -2.22. The monoisotopic (exact) mass is 265 g/mol. The second-order valence-corrected chi connectivity index (χ2v) is 4.23. The van der Waals surface area contributed by atoms with Crippen LogP contribution < -0.4 is 4.90 Å². The van der Waals surface area contributed by atoms with E-state index in [4.69, 9.17) is 0 Å². The Morgan fingerprint density at radius 1 is 1.26 bits per heavy atom. The topological polar surface area (TPSA) is 107 Å². The van der Waals surface area contributed by atoms with Crippen molar-refractivity contribution in [1.29, 1.82) is 0 Å². The van der Waals surface area contributed by atoms with Crippen LogP contribution in [0.15, 0.2) is 18.2 Å². The van der Waals surface area contributed by atoms with E-state index in [1.165, 1.54) is 12.1 Å². The molecule has 1 saturated heterocycles. The van der Waals surface area contributed by atoms with E-state index in [0.717, 1.165) is 18.8 Å². The van der Waals surface area contributed by atoms with Crippen LogP contribution in [0, 0.1) is 20.2 Å². The lowest BCUT2D eigenvalue weighted by Crippen LogP contribution is -2.30. The minimum Gasteiger partial charge on any atom is -0.356 e. The van der Waals surface area contributed by atoms with Crippen LogP contribution in [-0.4, -0.2) is 28.7 Å². The molecule has 1 aromatic rings. The number of nitro groups is 2. The average Bonchev–Trinajstić information content (AvgIpc) is 2.85. The van der Waals surface area contributed by atoms with E-state index in [2.05, 4.69) is 0 Å². The van der Waals surface area contributed by atoms with Crippen molar-refractivity contribution < 1.29 is 14.6 Å². The highest BCUT2D eigenvalue weighted by molar-refractivity contribution is 5.74. The van der Waals surface area contributed by atoms with Crippen molar-refractivity contribution in [2.45, 2.75) is 18.9 Å². The number of non-ortho nitro benzene ring substituents is 1. The normalized spacial score (nSPS) is 18.3. The fourth-order valence-corrected chi connectivity index (χ4v) is 2.25. The Balaban J connectivity index is 2.47. The molecular formula is C11H11N3O5. The van der Waals surface area contributed by atoms with Gasteiger partial charge in [-0.05, 0) is 18.9 Å². The van der Waals surface area contributed by atoms with Gasteiger partial charge in [0, 0.05) is 12.6 Å². The number of nitro benzene ring substituents is 2. The Morgan fingerprint density at radius 2 is 2.00 bits per heavy atom. The van der Waals surface area contributed by atoms with Gasteiger partial charge in [0.05, 0.1) is 22.0 Å². The standard InChI is InChI=1S/C11H11N3O5/c15-7-9-2-1-5-12(9)10-4-3-8(13(16)17)6-11(10)14(18)19/h3-4,6-7,9H,1-2,5H2/t9-/m0/s1. The lowest BCUT2D eigenvalue weighted by molar-refractivity contribution is -0.393. The van der Waals surface area contributed by atoms with Crippen molar-refractivity contribution in [3.05, 3.63) is 38.4 Å². The molecule has 0 aromatic heterocycles. The fraction of sp³-hybridized carbons (Fsp3) is 0.364. The van der Waals surface area contributed by atoms with Crippen LogP contribution >= 0.6 is 0 Å². The third-order valence-electron chi connectivity index (χ3n) is 3.13. The van der Waals surface area contributed by atoms with E-state index in [-0.39, 0.29) is 17.1 Å². The zero-order chi connectivity index (χ0) is 14.0. The summed E-state index contributed by atoms with van der Waals surface area (Å²) in [6, 6.07) is 3.07. The Bertz CT molecular complexity index is 545. The number of carbonyl (C=O) groups excluding carboxylic acids is 1. The van der Waals surface area contributed by atoms with Gasteiger partial charge in [-0.1, -0.05) is 0 Å². The molecule has 1 aromatic carbocycles. The van der Waals surface area contributed by atoms with Gasteiger partial charge in [-0.25, -0.2) is 0 Å². The van der Waals surface area contributed by atoms with E-state index < -0.39 is 15.9 Å². The molecule has 2 rings (SSSR count). The van der Waals surface area contributed by atoms with E-state index >= 15 is 0 Å². The number of carbonyl (C=O) groups is 1. The Labute approximate surface area is 107 Å². The van der Waals surface area contributed by atoms with Crippen molar-refractivity contribution in [3.63, 3.8) is 0 Å². The maximum Gasteiger partial charge on any atom is 0.299 e. The van der Waals surface area contributed by atoms with Crippen molar-refractivity contribution in [2.75, 3.05) is 11.4 Å². The fourth-order valence-electron chi connectivity index (χ4n) is 2.25. The molecule has 1 aliphatic rings. The lowest BCUT2D eigenvalue weighted by atomic mass is 10.2. The summed E-state index contributed by atoms with van der Waals surface area (Å²) in [5.41, 5.74) is -0.426. The molecule has 0 radical (unpaired) electrons. The van der Waals surface area contributed by atoms with E-state index in [0.29, 0.717) is 13.0 Å². The van der Waals surface area contributed by atoms with Crippen LogP contribution in [0.2, 0.25) is 0 Å². The molecular weight excluding hydrogens is 254 g/mol. The third-order valence-corrected chi connectivity index (χ3v) is 3.13. The van der Waals surface area contributed by atoms with Crippen LogP contribution in [0.4, 0.5) is 17.1 Å². The predicted octanol–water partition coefficient (Wildman–Crippen LogP) is 1.67. The van der Waals surface area contributed by atoms with E-state index in [9.17, 15) is 25.0 Å². The van der Waals surface area contributed by atoms with Gasteiger partial charge < -0.3 is 9.69 Å². The zero-order valence-electron chi connectivity index (χ0n) is 9.89. The molecule has 0 spiro atoms. The minimum atomic E-state index is -0.683. The van der Waals surface area contributed by atoms with Gasteiger partial charge in [0.2, 0.25) is 0 Å². The molecule has 0 N–H and O–H groups in total. The summed E-state index contributed by atoms with van der Waals surface area (Å²) in [6.07, 6.45) is 2.15. The zero-order valence-corrected chi connectivity index (χ0v) is 9.89. The van der Waals surface area contributed by atoms with Crippen molar-refractivity contribution in [2.24, 2.45) is 0 Å². The summed E-state index contributed by atoms with van der Waals surface area (Å²) in [5, 5.41) is 21.7. The second-order valence-electron chi connectivity index (χ2n) is 4.23. The average molecular weight is 265 g/mol. The molecule has 8 heteroatoms. The second kappa shape index (κ2) is 5.01. The van der Waals surface area contributed by atoms with Gasteiger partial charge in [-0.15, -0.1) is 0 Å². The largest absolute Gasteiger partial charge is 0.356 e. The first-order chi connectivity index (χ1) is 9.04. The number of rotatable bonds is 4. The molecule has 0 bridgehead atoms. The van der Waals surface area contributed by atoms with Gasteiger partial charge >= 0.3 is 0 Å². The van der Waals surface area contributed by atoms with Crippen molar-refractivity contribution in [3.8, 4) is 0 Å². The molecule has 0 aliphatic carbocycles. The highest BCUT2D eigenvalue weighted by Crippen LogP contribution is 2.35. The molecule has 1 atom stereocenters. The van der Waals surface area contributed by atoms with Crippen LogP contribution in [0.1, 0.15) is 12.8 Å². The smallest absolute Gasteiger partial charge is 0.299 e. The van der Waals surface area contributed by atoms with E-state index in [1.807, 2.05) is 0 Å².